The van der Waals surface area contributed by atoms with E-state index in [1.54, 1.807) is 0 Å². The molecule has 0 saturated heterocycles. The number of H-pyrrole nitrogens is 1. The van der Waals surface area contributed by atoms with E-state index in [0.717, 1.165) is 18.8 Å². The zero-order valence-electron chi connectivity index (χ0n) is 11.8. The Hall–Kier alpha value is -1.77. The molecule has 2 N–H and O–H groups in total. The minimum Gasteiger partial charge on any atom is -0.368 e. The van der Waals surface area contributed by atoms with E-state index in [0.29, 0.717) is 6.04 Å². The summed E-state index contributed by atoms with van der Waals surface area (Å²) in [7, 11) is 0. The third-order valence-electron chi connectivity index (χ3n) is 3.66. The van der Waals surface area contributed by atoms with E-state index in [4.69, 9.17) is 0 Å². The van der Waals surface area contributed by atoms with Gasteiger partial charge in [-0.25, -0.2) is 0 Å². The quantitative estimate of drug-likeness (QED) is 0.850. The third kappa shape index (κ3) is 2.37. The van der Waals surface area contributed by atoms with E-state index in [1.807, 2.05) is 0 Å². The molecule has 3 nitrogen and oxygen atoms in total. The van der Waals surface area contributed by atoms with Crippen LogP contribution in [0.3, 0.4) is 0 Å². The number of para-hydroxylation sites is 1. The number of rotatable bonds is 2. The van der Waals surface area contributed by atoms with Gasteiger partial charge in [0.15, 0.2) is 0 Å². The molecule has 1 aliphatic heterocycles. The number of hydrogen-bond acceptors (Lipinski definition) is 2. The molecule has 3 heteroatoms. The molecular weight excluding hydrogens is 234 g/mol. The van der Waals surface area contributed by atoms with Crippen LogP contribution in [0.2, 0.25) is 0 Å². The average molecular weight is 255 g/mol. The largest absolute Gasteiger partial charge is 0.368 e. The van der Waals surface area contributed by atoms with Gasteiger partial charge < -0.3 is 10.3 Å². The highest BCUT2D eigenvalue weighted by Crippen LogP contribution is 2.22. The summed E-state index contributed by atoms with van der Waals surface area (Å²) in [5.74, 6) is 1.14. The Labute approximate surface area is 114 Å². The molecule has 1 atom stereocenters. The van der Waals surface area contributed by atoms with Crippen LogP contribution in [-0.2, 0) is 6.42 Å². The van der Waals surface area contributed by atoms with Gasteiger partial charge >= 0.3 is 0 Å². The fraction of sp³-hybridized carbons (Fsp3) is 0.438. The van der Waals surface area contributed by atoms with Crippen LogP contribution in [0, 0.1) is 5.41 Å². The molecule has 0 spiro atoms. The third-order valence-corrected chi connectivity index (χ3v) is 3.66. The van der Waals surface area contributed by atoms with Gasteiger partial charge in [0.2, 0.25) is 0 Å². The summed E-state index contributed by atoms with van der Waals surface area (Å²) in [6.45, 7) is 7.48. The smallest absolute Gasteiger partial charge is 0.102 e. The molecule has 100 valence electrons. The highest BCUT2D eigenvalue weighted by atomic mass is 15.1. The first-order valence-corrected chi connectivity index (χ1v) is 6.90. The lowest BCUT2D eigenvalue weighted by molar-refractivity contribution is 0.557. The van der Waals surface area contributed by atoms with Crippen molar-refractivity contribution in [2.24, 2.45) is 10.4 Å². The Morgan fingerprint density at radius 3 is 2.79 bits per heavy atom. The monoisotopic (exact) mass is 255 g/mol. The Balaban J connectivity index is 1.74. The zero-order chi connectivity index (χ0) is 13.5. The number of amidine groups is 1. The molecule has 0 bridgehead atoms. The molecule has 19 heavy (non-hydrogen) atoms. The lowest BCUT2D eigenvalue weighted by Crippen LogP contribution is -2.38. The molecule has 1 aliphatic rings. The van der Waals surface area contributed by atoms with E-state index in [2.05, 4.69) is 66.5 Å². The fourth-order valence-electron chi connectivity index (χ4n) is 2.62. The first-order valence-electron chi connectivity index (χ1n) is 6.90. The van der Waals surface area contributed by atoms with Gasteiger partial charge in [-0.1, -0.05) is 39.0 Å². The molecule has 0 unspecified atom stereocenters. The topological polar surface area (TPSA) is 40.2 Å². The molecule has 1 aromatic heterocycles. The van der Waals surface area contributed by atoms with Crippen molar-refractivity contribution in [2.45, 2.75) is 33.2 Å². The highest BCUT2D eigenvalue weighted by molar-refractivity contribution is 5.89. The SMILES string of the molecule is CC(C)(C)C1=NC[C@H](Cc2c[nH]c3ccccc23)N1. The number of benzene rings is 1. The lowest BCUT2D eigenvalue weighted by atomic mass is 9.95. The summed E-state index contributed by atoms with van der Waals surface area (Å²) in [5, 5.41) is 4.90. The van der Waals surface area contributed by atoms with E-state index < -0.39 is 0 Å². The normalized spacial score (nSPS) is 19.5. The van der Waals surface area contributed by atoms with Crippen LogP contribution < -0.4 is 5.32 Å². The van der Waals surface area contributed by atoms with Gasteiger partial charge in [0.05, 0.1) is 12.6 Å². The van der Waals surface area contributed by atoms with Crippen molar-refractivity contribution in [1.29, 1.82) is 0 Å². The summed E-state index contributed by atoms with van der Waals surface area (Å²) >= 11 is 0. The van der Waals surface area contributed by atoms with Gasteiger partial charge in [-0.3, -0.25) is 4.99 Å². The van der Waals surface area contributed by atoms with Crippen LogP contribution in [0.1, 0.15) is 26.3 Å². The number of hydrogen-bond donors (Lipinski definition) is 2. The van der Waals surface area contributed by atoms with Gasteiger partial charge in [-0.2, -0.15) is 0 Å². The van der Waals surface area contributed by atoms with E-state index in [9.17, 15) is 0 Å². The molecule has 0 aliphatic carbocycles. The standard InChI is InChI=1S/C16H21N3/c1-16(2,3)15-18-10-12(19-15)8-11-9-17-14-7-5-4-6-13(11)14/h4-7,9,12,17H,8,10H2,1-3H3,(H,18,19)/t12-/m0/s1. The molecule has 2 heterocycles. The molecule has 3 rings (SSSR count). The molecule has 2 aromatic rings. The van der Waals surface area contributed by atoms with Crippen LogP contribution >= 0.6 is 0 Å². The number of aromatic nitrogens is 1. The second kappa shape index (κ2) is 4.41. The second-order valence-corrected chi connectivity index (χ2v) is 6.34. The molecule has 0 amide bonds. The Bertz CT molecular complexity index is 616. The number of fused-ring (bicyclic) bond motifs is 1. The maximum Gasteiger partial charge on any atom is 0.102 e. The summed E-state index contributed by atoms with van der Waals surface area (Å²) in [4.78, 5) is 7.98. The predicted molar refractivity (Wildman–Crippen MR) is 80.7 cm³/mol. The van der Waals surface area contributed by atoms with Crippen LogP contribution in [0.5, 0.6) is 0 Å². The van der Waals surface area contributed by atoms with Crippen molar-refractivity contribution < 1.29 is 0 Å². The van der Waals surface area contributed by atoms with Crippen LogP contribution in [0.15, 0.2) is 35.5 Å². The number of nitrogens with zero attached hydrogens (tertiary/aromatic N) is 1. The fourth-order valence-corrected chi connectivity index (χ4v) is 2.62. The Morgan fingerprint density at radius 2 is 2.05 bits per heavy atom. The van der Waals surface area contributed by atoms with Crippen LogP contribution in [0.4, 0.5) is 0 Å². The van der Waals surface area contributed by atoms with Gasteiger partial charge in [-0.05, 0) is 18.1 Å². The maximum absolute atomic E-state index is 4.64. The van der Waals surface area contributed by atoms with Crippen molar-refractivity contribution in [3.05, 3.63) is 36.0 Å². The van der Waals surface area contributed by atoms with Gasteiger partial charge in [0.1, 0.15) is 5.84 Å². The molecular formula is C16H21N3. The Kier molecular flexibility index (Phi) is 2.85. The summed E-state index contributed by atoms with van der Waals surface area (Å²) in [6, 6.07) is 8.89. The molecule has 0 fully saturated rings. The van der Waals surface area contributed by atoms with Crippen LogP contribution in [-0.4, -0.2) is 23.4 Å². The molecule has 0 saturated carbocycles. The van der Waals surface area contributed by atoms with E-state index >= 15 is 0 Å². The molecule has 0 radical (unpaired) electrons. The van der Waals surface area contributed by atoms with Crippen LogP contribution in [0.25, 0.3) is 10.9 Å². The van der Waals surface area contributed by atoms with Gasteiger partial charge in [-0.15, -0.1) is 0 Å². The predicted octanol–water partition coefficient (Wildman–Crippen LogP) is 3.13. The van der Waals surface area contributed by atoms with Crippen molar-refractivity contribution >= 4 is 16.7 Å². The van der Waals surface area contributed by atoms with Crippen molar-refractivity contribution in [3.63, 3.8) is 0 Å². The van der Waals surface area contributed by atoms with Crippen molar-refractivity contribution in [3.8, 4) is 0 Å². The summed E-state index contributed by atoms with van der Waals surface area (Å²) in [5.41, 5.74) is 2.71. The first kappa shape index (κ1) is 12.3. The highest BCUT2D eigenvalue weighted by Gasteiger charge is 2.26. The average Bonchev–Trinajstić information content (AvgIpc) is 2.97. The number of aromatic amines is 1. The zero-order valence-corrected chi connectivity index (χ0v) is 11.8. The second-order valence-electron chi connectivity index (χ2n) is 6.34. The lowest BCUT2D eigenvalue weighted by Gasteiger charge is -2.21. The summed E-state index contributed by atoms with van der Waals surface area (Å²) in [6.07, 6.45) is 3.15. The minimum absolute atomic E-state index is 0.120. The van der Waals surface area contributed by atoms with E-state index in [1.165, 1.54) is 16.5 Å². The van der Waals surface area contributed by atoms with Crippen molar-refractivity contribution in [2.75, 3.05) is 6.54 Å². The Morgan fingerprint density at radius 1 is 1.26 bits per heavy atom. The first-order chi connectivity index (χ1) is 9.04. The minimum atomic E-state index is 0.120. The molecule has 1 aromatic carbocycles. The number of aliphatic imine (C=N–C) groups is 1. The maximum atomic E-state index is 4.64. The van der Waals surface area contributed by atoms with Gasteiger partial charge in [0.25, 0.3) is 0 Å². The number of nitrogens with one attached hydrogen (secondary N) is 2. The van der Waals surface area contributed by atoms with E-state index in [-0.39, 0.29) is 5.41 Å². The van der Waals surface area contributed by atoms with Crippen molar-refractivity contribution in [1.82, 2.24) is 10.3 Å². The van der Waals surface area contributed by atoms with Gasteiger partial charge in [0, 0.05) is 22.5 Å². The summed E-state index contributed by atoms with van der Waals surface area (Å²) < 4.78 is 0.